The van der Waals surface area contributed by atoms with Crippen LogP contribution in [0.5, 0.6) is 0 Å². The van der Waals surface area contributed by atoms with Gasteiger partial charge in [0, 0.05) is 17.9 Å². The van der Waals surface area contributed by atoms with Crippen molar-refractivity contribution >= 4 is 0 Å². The second kappa shape index (κ2) is 2.64. The van der Waals surface area contributed by atoms with Gasteiger partial charge in [-0.3, -0.25) is 0 Å². The molecule has 0 aliphatic heterocycles. The summed E-state index contributed by atoms with van der Waals surface area (Å²) in [6.45, 7) is 0.577. The molecule has 1 aliphatic carbocycles. The lowest BCUT2D eigenvalue weighted by molar-refractivity contribution is 0.540. The minimum absolute atomic E-state index is 0.195. The van der Waals surface area contributed by atoms with Crippen LogP contribution in [0.2, 0.25) is 0 Å². The van der Waals surface area contributed by atoms with Gasteiger partial charge in [-0.1, -0.05) is 5.11 Å². The van der Waals surface area contributed by atoms with E-state index in [1.54, 1.807) is 0 Å². The molecular weight excluding hydrogens is 126 g/mol. The van der Waals surface area contributed by atoms with Crippen molar-refractivity contribution in [3.05, 3.63) is 10.4 Å². The van der Waals surface area contributed by atoms with Crippen molar-refractivity contribution in [2.75, 3.05) is 6.54 Å². The van der Waals surface area contributed by atoms with E-state index in [1.807, 2.05) is 0 Å². The molecule has 0 heterocycles. The van der Waals surface area contributed by atoms with Crippen LogP contribution >= 0.6 is 0 Å². The standard InChI is InChI=1S/C7H9N3/c1-2-3-7(4-5-7)6-9-10-8/h1H,3-6H2. The fourth-order valence-electron chi connectivity index (χ4n) is 0.966. The van der Waals surface area contributed by atoms with E-state index in [9.17, 15) is 0 Å². The van der Waals surface area contributed by atoms with Crippen LogP contribution in [-0.2, 0) is 0 Å². The fourth-order valence-corrected chi connectivity index (χ4v) is 0.966. The number of hydrogen-bond acceptors (Lipinski definition) is 1. The molecule has 0 saturated heterocycles. The van der Waals surface area contributed by atoms with Crippen molar-refractivity contribution < 1.29 is 0 Å². The summed E-state index contributed by atoms with van der Waals surface area (Å²) in [5.74, 6) is 2.60. The van der Waals surface area contributed by atoms with Gasteiger partial charge >= 0.3 is 0 Å². The zero-order chi connectivity index (χ0) is 7.45. The van der Waals surface area contributed by atoms with Crippen molar-refractivity contribution in [1.82, 2.24) is 0 Å². The first-order chi connectivity index (χ1) is 4.83. The average molecular weight is 135 g/mol. The van der Waals surface area contributed by atoms with Gasteiger partial charge in [0.05, 0.1) is 0 Å². The first-order valence-corrected chi connectivity index (χ1v) is 3.27. The van der Waals surface area contributed by atoms with Crippen molar-refractivity contribution in [1.29, 1.82) is 0 Å². The molecule has 0 aromatic heterocycles. The number of rotatable bonds is 3. The Balaban J connectivity index is 2.38. The summed E-state index contributed by atoms with van der Waals surface area (Å²) in [5.41, 5.74) is 8.23. The molecule has 1 saturated carbocycles. The minimum Gasteiger partial charge on any atom is -0.120 e. The van der Waals surface area contributed by atoms with E-state index in [2.05, 4.69) is 15.9 Å². The fraction of sp³-hybridized carbons (Fsp3) is 0.714. The van der Waals surface area contributed by atoms with E-state index in [4.69, 9.17) is 12.0 Å². The Kier molecular flexibility index (Phi) is 1.84. The van der Waals surface area contributed by atoms with Crippen LogP contribution in [0.1, 0.15) is 19.3 Å². The number of hydrogen-bond donors (Lipinski definition) is 0. The van der Waals surface area contributed by atoms with Gasteiger partial charge < -0.3 is 0 Å². The third kappa shape index (κ3) is 1.43. The number of nitrogens with zero attached hydrogens (tertiary/aromatic N) is 3. The zero-order valence-electron chi connectivity index (χ0n) is 5.75. The third-order valence-electron chi connectivity index (χ3n) is 1.90. The largest absolute Gasteiger partial charge is 0.120 e. The maximum atomic E-state index is 8.03. The van der Waals surface area contributed by atoms with Crippen LogP contribution in [0.25, 0.3) is 10.4 Å². The molecule has 1 fully saturated rings. The highest BCUT2D eigenvalue weighted by atomic mass is 15.1. The molecule has 1 rings (SSSR count). The Hall–Kier alpha value is -1.13. The lowest BCUT2D eigenvalue weighted by Gasteiger charge is -2.04. The second-order valence-electron chi connectivity index (χ2n) is 2.77. The maximum Gasteiger partial charge on any atom is 0.0323 e. The van der Waals surface area contributed by atoms with Crippen molar-refractivity contribution in [2.24, 2.45) is 10.5 Å². The summed E-state index contributed by atoms with van der Waals surface area (Å²) in [5, 5.41) is 3.51. The summed E-state index contributed by atoms with van der Waals surface area (Å²) in [7, 11) is 0. The normalized spacial score (nSPS) is 18.7. The van der Waals surface area contributed by atoms with Crippen molar-refractivity contribution in [2.45, 2.75) is 19.3 Å². The van der Waals surface area contributed by atoms with Crippen molar-refractivity contribution in [3.63, 3.8) is 0 Å². The SMILES string of the molecule is C#CCC1(CN=[N+]=[N-])CC1. The Morgan fingerprint density at radius 2 is 2.40 bits per heavy atom. The predicted molar refractivity (Wildman–Crippen MR) is 39.1 cm³/mol. The van der Waals surface area contributed by atoms with Gasteiger partial charge in [0.1, 0.15) is 0 Å². The molecule has 0 radical (unpaired) electrons. The number of azide groups is 1. The molecule has 3 heteroatoms. The van der Waals surface area contributed by atoms with Crippen LogP contribution in [0.15, 0.2) is 5.11 Å². The second-order valence-corrected chi connectivity index (χ2v) is 2.77. The average Bonchev–Trinajstić information content (AvgIpc) is 2.67. The van der Waals surface area contributed by atoms with E-state index >= 15 is 0 Å². The van der Waals surface area contributed by atoms with E-state index in [0.717, 1.165) is 19.3 Å². The van der Waals surface area contributed by atoms with E-state index < -0.39 is 0 Å². The van der Waals surface area contributed by atoms with E-state index in [0.29, 0.717) is 6.54 Å². The minimum atomic E-state index is 0.195. The molecule has 1 aliphatic rings. The molecule has 10 heavy (non-hydrogen) atoms. The van der Waals surface area contributed by atoms with Crippen LogP contribution < -0.4 is 0 Å². The van der Waals surface area contributed by atoms with Crippen LogP contribution in [0, 0.1) is 17.8 Å². The monoisotopic (exact) mass is 135 g/mol. The maximum absolute atomic E-state index is 8.03. The molecule has 0 atom stereocenters. The molecule has 0 N–H and O–H groups in total. The lowest BCUT2D eigenvalue weighted by Crippen LogP contribution is -2.02. The number of terminal acetylenes is 1. The van der Waals surface area contributed by atoms with Crippen molar-refractivity contribution in [3.8, 4) is 12.3 Å². The predicted octanol–water partition coefficient (Wildman–Crippen LogP) is 2.10. The molecule has 0 unspecified atom stereocenters. The van der Waals surface area contributed by atoms with Gasteiger partial charge in [-0.05, 0) is 23.8 Å². The molecule has 3 nitrogen and oxygen atoms in total. The van der Waals surface area contributed by atoms with E-state index in [1.165, 1.54) is 0 Å². The zero-order valence-corrected chi connectivity index (χ0v) is 5.75. The first kappa shape index (κ1) is 6.98. The van der Waals surface area contributed by atoms with Gasteiger partial charge in [-0.15, -0.1) is 12.3 Å². The summed E-state index contributed by atoms with van der Waals surface area (Å²) >= 11 is 0. The Morgan fingerprint density at radius 1 is 1.70 bits per heavy atom. The highest BCUT2D eigenvalue weighted by molar-refractivity contribution is 5.03. The molecule has 0 aromatic rings. The van der Waals surface area contributed by atoms with Crippen LogP contribution in [0.4, 0.5) is 0 Å². The summed E-state index contributed by atoms with van der Waals surface area (Å²) in [4.78, 5) is 2.70. The molecule has 0 amide bonds. The smallest absolute Gasteiger partial charge is 0.0323 e. The van der Waals surface area contributed by atoms with Crippen LogP contribution in [-0.4, -0.2) is 6.54 Å². The summed E-state index contributed by atoms with van der Waals surface area (Å²) < 4.78 is 0. The molecular formula is C7H9N3. The third-order valence-corrected chi connectivity index (χ3v) is 1.90. The molecule has 0 bridgehead atoms. The van der Waals surface area contributed by atoms with Crippen LogP contribution in [0.3, 0.4) is 0 Å². The molecule has 0 aromatic carbocycles. The Bertz CT molecular complexity index is 203. The van der Waals surface area contributed by atoms with Gasteiger partial charge in [0.25, 0.3) is 0 Å². The van der Waals surface area contributed by atoms with Gasteiger partial charge in [-0.25, -0.2) is 0 Å². The van der Waals surface area contributed by atoms with Gasteiger partial charge in [-0.2, -0.15) is 0 Å². The summed E-state index contributed by atoms with van der Waals surface area (Å²) in [6, 6.07) is 0. The molecule has 0 spiro atoms. The first-order valence-electron chi connectivity index (χ1n) is 3.27. The summed E-state index contributed by atoms with van der Waals surface area (Å²) in [6.07, 6.45) is 8.14. The van der Waals surface area contributed by atoms with Gasteiger partial charge in [0.2, 0.25) is 0 Å². The Labute approximate surface area is 60.1 Å². The molecule has 52 valence electrons. The van der Waals surface area contributed by atoms with Gasteiger partial charge in [0.15, 0.2) is 0 Å². The van der Waals surface area contributed by atoms with E-state index in [-0.39, 0.29) is 5.41 Å². The topological polar surface area (TPSA) is 48.8 Å². The lowest BCUT2D eigenvalue weighted by atomic mass is 10.0. The quantitative estimate of drug-likeness (QED) is 0.246. The highest BCUT2D eigenvalue weighted by Crippen LogP contribution is 2.48. The Morgan fingerprint density at radius 3 is 2.80 bits per heavy atom. The highest BCUT2D eigenvalue weighted by Gasteiger charge is 2.40.